The van der Waals surface area contributed by atoms with Crippen LogP contribution >= 0.6 is 0 Å². The van der Waals surface area contributed by atoms with Gasteiger partial charge in [0, 0.05) is 13.1 Å². The molecule has 1 unspecified atom stereocenters. The van der Waals surface area contributed by atoms with Crippen molar-refractivity contribution >= 4 is 22.8 Å². The SMILES string of the molecule is NC(=O)C1CCN(c2ccc3c(=O)[nH]cnc3n2)C1. The largest absolute Gasteiger partial charge is 0.369 e. The van der Waals surface area contributed by atoms with Crippen molar-refractivity contribution in [1.82, 2.24) is 15.0 Å². The first-order valence-electron chi connectivity index (χ1n) is 6.04. The van der Waals surface area contributed by atoms with E-state index in [1.165, 1.54) is 6.33 Å². The fraction of sp³-hybridized carbons (Fsp3) is 0.333. The van der Waals surface area contributed by atoms with Crippen molar-refractivity contribution < 1.29 is 4.79 Å². The van der Waals surface area contributed by atoms with E-state index in [1.807, 2.05) is 4.90 Å². The summed E-state index contributed by atoms with van der Waals surface area (Å²) in [6.07, 6.45) is 2.06. The molecule has 1 amide bonds. The van der Waals surface area contributed by atoms with Crippen LogP contribution in [0.4, 0.5) is 5.82 Å². The van der Waals surface area contributed by atoms with Crippen molar-refractivity contribution in [2.24, 2.45) is 11.7 Å². The number of aromatic amines is 1. The molecule has 0 bridgehead atoms. The van der Waals surface area contributed by atoms with Gasteiger partial charge < -0.3 is 15.6 Å². The van der Waals surface area contributed by atoms with E-state index in [1.54, 1.807) is 12.1 Å². The Morgan fingerprint density at radius 2 is 2.32 bits per heavy atom. The number of carbonyl (C=O) groups excluding carboxylic acids is 1. The molecule has 7 heteroatoms. The highest BCUT2D eigenvalue weighted by Gasteiger charge is 2.27. The number of carbonyl (C=O) groups is 1. The Bertz CT molecular complexity index is 696. The van der Waals surface area contributed by atoms with E-state index in [0.717, 1.165) is 13.0 Å². The first-order valence-corrected chi connectivity index (χ1v) is 6.04. The molecule has 19 heavy (non-hydrogen) atoms. The monoisotopic (exact) mass is 259 g/mol. The maximum atomic E-state index is 11.5. The normalized spacial score (nSPS) is 18.9. The van der Waals surface area contributed by atoms with E-state index in [0.29, 0.717) is 23.4 Å². The number of H-pyrrole nitrogens is 1. The molecule has 1 aliphatic heterocycles. The highest BCUT2D eigenvalue weighted by Crippen LogP contribution is 2.22. The standard InChI is InChI=1S/C12H13N5O2/c13-10(18)7-3-4-17(5-7)9-2-1-8-11(16-9)14-6-15-12(8)19/h1-2,6-7H,3-5H2,(H2,13,18)(H,14,15,16,19). The Morgan fingerprint density at radius 3 is 3.05 bits per heavy atom. The molecule has 1 aliphatic rings. The summed E-state index contributed by atoms with van der Waals surface area (Å²) in [5, 5.41) is 0.455. The molecule has 98 valence electrons. The molecule has 0 aromatic carbocycles. The predicted octanol–water partition coefficient (Wildman–Crippen LogP) is -0.370. The number of aromatic nitrogens is 3. The minimum absolute atomic E-state index is 0.135. The maximum Gasteiger partial charge on any atom is 0.260 e. The summed E-state index contributed by atoms with van der Waals surface area (Å²) >= 11 is 0. The van der Waals surface area contributed by atoms with Crippen LogP contribution in [0.5, 0.6) is 0 Å². The van der Waals surface area contributed by atoms with Crippen molar-refractivity contribution in [2.45, 2.75) is 6.42 Å². The number of hydrogen-bond acceptors (Lipinski definition) is 5. The molecule has 0 saturated carbocycles. The van der Waals surface area contributed by atoms with Gasteiger partial charge in [0.05, 0.1) is 17.6 Å². The fourth-order valence-corrected chi connectivity index (χ4v) is 2.32. The number of fused-ring (bicyclic) bond motifs is 1. The number of hydrogen-bond donors (Lipinski definition) is 2. The fourth-order valence-electron chi connectivity index (χ4n) is 2.32. The third-order valence-electron chi connectivity index (χ3n) is 3.40. The maximum absolute atomic E-state index is 11.5. The number of amides is 1. The molecule has 0 radical (unpaired) electrons. The first kappa shape index (κ1) is 11.6. The molecule has 3 heterocycles. The lowest BCUT2D eigenvalue weighted by atomic mass is 10.1. The minimum atomic E-state index is -0.280. The second-order valence-electron chi connectivity index (χ2n) is 4.61. The molecule has 0 aliphatic carbocycles. The third kappa shape index (κ3) is 2.03. The Labute approximate surface area is 108 Å². The molecule has 1 saturated heterocycles. The first-order chi connectivity index (χ1) is 9.15. The average Bonchev–Trinajstić information content (AvgIpc) is 2.88. The van der Waals surface area contributed by atoms with Crippen LogP contribution in [-0.4, -0.2) is 33.9 Å². The van der Waals surface area contributed by atoms with Crippen LogP contribution in [-0.2, 0) is 4.79 Å². The van der Waals surface area contributed by atoms with Gasteiger partial charge in [-0.2, -0.15) is 0 Å². The van der Waals surface area contributed by atoms with Gasteiger partial charge in [0.15, 0.2) is 5.65 Å². The zero-order valence-corrected chi connectivity index (χ0v) is 10.2. The quantitative estimate of drug-likeness (QED) is 0.765. The summed E-state index contributed by atoms with van der Waals surface area (Å²) in [6.45, 7) is 1.30. The van der Waals surface area contributed by atoms with Crippen molar-refractivity contribution in [3.63, 3.8) is 0 Å². The molecule has 2 aromatic rings. The molecule has 0 spiro atoms. The minimum Gasteiger partial charge on any atom is -0.369 e. The summed E-state index contributed by atoms with van der Waals surface area (Å²) in [5.41, 5.74) is 5.50. The van der Waals surface area contributed by atoms with Crippen LogP contribution < -0.4 is 16.2 Å². The van der Waals surface area contributed by atoms with Crippen molar-refractivity contribution in [1.29, 1.82) is 0 Å². The number of anilines is 1. The molecule has 1 fully saturated rings. The number of nitrogens with zero attached hydrogens (tertiary/aromatic N) is 3. The Balaban J connectivity index is 1.94. The van der Waals surface area contributed by atoms with Gasteiger partial charge in [-0.25, -0.2) is 9.97 Å². The highest BCUT2D eigenvalue weighted by atomic mass is 16.1. The summed E-state index contributed by atoms with van der Waals surface area (Å²) < 4.78 is 0. The number of nitrogens with one attached hydrogen (secondary N) is 1. The van der Waals surface area contributed by atoms with E-state index in [9.17, 15) is 9.59 Å². The lowest BCUT2D eigenvalue weighted by Gasteiger charge is -2.16. The van der Waals surface area contributed by atoms with Gasteiger partial charge in [-0.05, 0) is 18.6 Å². The van der Waals surface area contributed by atoms with Crippen LogP contribution in [0.3, 0.4) is 0 Å². The second-order valence-corrected chi connectivity index (χ2v) is 4.61. The van der Waals surface area contributed by atoms with Gasteiger partial charge in [-0.3, -0.25) is 9.59 Å². The predicted molar refractivity (Wildman–Crippen MR) is 69.7 cm³/mol. The van der Waals surface area contributed by atoms with Gasteiger partial charge in [-0.1, -0.05) is 0 Å². The molecule has 2 aromatic heterocycles. The summed E-state index contributed by atoms with van der Waals surface area (Å²) in [7, 11) is 0. The molecule has 7 nitrogen and oxygen atoms in total. The van der Waals surface area contributed by atoms with E-state index in [2.05, 4.69) is 15.0 Å². The van der Waals surface area contributed by atoms with Gasteiger partial charge >= 0.3 is 0 Å². The highest BCUT2D eigenvalue weighted by molar-refractivity contribution is 5.79. The Morgan fingerprint density at radius 1 is 1.47 bits per heavy atom. The van der Waals surface area contributed by atoms with Crippen LogP contribution in [0.15, 0.2) is 23.3 Å². The number of primary amides is 1. The average molecular weight is 259 g/mol. The molecular weight excluding hydrogens is 246 g/mol. The summed E-state index contributed by atoms with van der Waals surface area (Å²) in [6, 6.07) is 3.46. The van der Waals surface area contributed by atoms with Crippen molar-refractivity contribution in [3.05, 3.63) is 28.8 Å². The Hall–Kier alpha value is -2.44. The smallest absolute Gasteiger partial charge is 0.260 e. The van der Waals surface area contributed by atoms with E-state index >= 15 is 0 Å². The zero-order chi connectivity index (χ0) is 13.4. The van der Waals surface area contributed by atoms with Crippen molar-refractivity contribution in [3.8, 4) is 0 Å². The van der Waals surface area contributed by atoms with Crippen LogP contribution in [0.2, 0.25) is 0 Å². The van der Waals surface area contributed by atoms with Gasteiger partial charge in [-0.15, -0.1) is 0 Å². The van der Waals surface area contributed by atoms with Crippen LogP contribution in [0.1, 0.15) is 6.42 Å². The molecular formula is C12H13N5O2. The van der Waals surface area contributed by atoms with Gasteiger partial charge in [0.1, 0.15) is 5.82 Å². The zero-order valence-electron chi connectivity index (χ0n) is 10.2. The number of rotatable bonds is 2. The summed E-state index contributed by atoms with van der Waals surface area (Å²) in [4.78, 5) is 35.6. The van der Waals surface area contributed by atoms with Crippen LogP contribution in [0, 0.1) is 5.92 Å². The second kappa shape index (κ2) is 4.34. The van der Waals surface area contributed by atoms with Gasteiger partial charge in [0.2, 0.25) is 5.91 Å². The molecule has 1 atom stereocenters. The summed E-state index contributed by atoms with van der Waals surface area (Å²) in [5.74, 6) is 0.303. The number of nitrogens with two attached hydrogens (primary N) is 1. The van der Waals surface area contributed by atoms with E-state index < -0.39 is 0 Å². The molecule has 3 N–H and O–H groups in total. The van der Waals surface area contributed by atoms with Gasteiger partial charge in [0.25, 0.3) is 5.56 Å². The Kier molecular flexibility index (Phi) is 2.66. The van der Waals surface area contributed by atoms with Crippen LogP contribution in [0.25, 0.3) is 11.0 Å². The topological polar surface area (TPSA) is 105 Å². The lowest BCUT2D eigenvalue weighted by Crippen LogP contribution is -2.27. The molecule has 3 rings (SSSR count). The lowest BCUT2D eigenvalue weighted by molar-refractivity contribution is -0.121. The van der Waals surface area contributed by atoms with E-state index in [-0.39, 0.29) is 17.4 Å². The third-order valence-corrected chi connectivity index (χ3v) is 3.40. The van der Waals surface area contributed by atoms with Crippen molar-refractivity contribution in [2.75, 3.05) is 18.0 Å². The van der Waals surface area contributed by atoms with E-state index in [4.69, 9.17) is 5.73 Å². The number of pyridine rings is 1.